The van der Waals surface area contributed by atoms with E-state index in [0.717, 1.165) is 61.9 Å². The van der Waals surface area contributed by atoms with E-state index in [0.29, 0.717) is 42.6 Å². The molecule has 0 saturated carbocycles. The van der Waals surface area contributed by atoms with Crippen molar-refractivity contribution in [2.24, 2.45) is 7.05 Å². The number of nitrogens with one attached hydrogen (secondary N) is 1. The van der Waals surface area contributed by atoms with Gasteiger partial charge in [-0.1, -0.05) is 18.5 Å². The van der Waals surface area contributed by atoms with E-state index in [4.69, 9.17) is 21.6 Å². The van der Waals surface area contributed by atoms with Crippen molar-refractivity contribution in [2.45, 2.75) is 44.3 Å². The van der Waals surface area contributed by atoms with E-state index in [-0.39, 0.29) is 11.1 Å². The summed E-state index contributed by atoms with van der Waals surface area (Å²) in [5.74, 6) is 0.435. The zero-order valence-electron chi connectivity index (χ0n) is 25.3. The quantitative estimate of drug-likeness (QED) is 0.292. The van der Waals surface area contributed by atoms with Crippen molar-refractivity contribution in [1.82, 2.24) is 48.4 Å². The first kappa shape index (κ1) is 30.6. The molecule has 15 heteroatoms. The second kappa shape index (κ2) is 12.9. The summed E-state index contributed by atoms with van der Waals surface area (Å²) in [6.07, 6.45) is 9.45. The fourth-order valence-corrected chi connectivity index (χ4v) is 7.36. The normalized spacial score (nSPS) is 17.7. The minimum atomic E-state index is -3.61. The summed E-state index contributed by atoms with van der Waals surface area (Å²) in [5, 5.41) is 8.43. The van der Waals surface area contributed by atoms with Gasteiger partial charge in [0.2, 0.25) is 5.95 Å². The molecule has 6 rings (SSSR count). The van der Waals surface area contributed by atoms with Gasteiger partial charge in [-0.05, 0) is 38.4 Å². The van der Waals surface area contributed by atoms with Gasteiger partial charge in [0.15, 0.2) is 5.03 Å². The lowest BCUT2D eigenvalue weighted by Crippen LogP contribution is -2.45. The Hall–Kier alpha value is -3.43. The highest BCUT2D eigenvalue weighted by atomic mass is 35.5. The van der Waals surface area contributed by atoms with Crippen LogP contribution in [0, 0.1) is 6.92 Å². The fourth-order valence-electron chi connectivity index (χ4n) is 5.72. The molecule has 6 heterocycles. The number of hydrogen-bond acceptors (Lipinski definition) is 10. The van der Waals surface area contributed by atoms with Gasteiger partial charge in [0, 0.05) is 76.9 Å². The lowest BCUT2D eigenvalue weighted by atomic mass is 10.1. The van der Waals surface area contributed by atoms with Crippen LogP contribution in [0.3, 0.4) is 0 Å². The first-order chi connectivity index (χ1) is 21.2. The van der Waals surface area contributed by atoms with Crippen LogP contribution >= 0.6 is 11.6 Å². The lowest BCUT2D eigenvalue weighted by Gasteiger charge is -2.33. The summed E-state index contributed by atoms with van der Waals surface area (Å²) < 4.78 is 30.8. The summed E-state index contributed by atoms with van der Waals surface area (Å²) in [4.78, 5) is 22.9. The lowest BCUT2D eigenvalue weighted by molar-refractivity contribution is 0.131. The van der Waals surface area contributed by atoms with E-state index in [1.165, 1.54) is 16.8 Å². The van der Waals surface area contributed by atoms with Crippen LogP contribution in [0.2, 0.25) is 5.02 Å². The SMILES string of the molecule is CCN1CCN(Cc2ccc(-n3cc(-c4nc(NC5CCN(S(=O)(=O)c6cn(C)cn6)CC5)ncc4Cl)cn3)c(C)n2)CC1. The third-order valence-electron chi connectivity index (χ3n) is 8.33. The molecule has 13 nitrogen and oxygen atoms in total. The number of pyridine rings is 1. The Bertz CT molecular complexity index is 1710. The van der Waals surface area contributed by atoms with Gasteiger partial charge in [-0.25, -0.2) is 28.1 Å². The van der Waals surface area contributed by atoms with Crippen molar-refractivity contribution >= 4 is 27.6 Å². The van der Waals surface area contributed by atoms with E-state index in [1.807, 2.05) is 13.1 Å². The van der Waals surface area contributed by atoms with Crippen LogP contribution in [0.15, 0.2) is 48.3 Å². The maximum Gasteiger partial charge on any atom is 0.262 e. The number of halogens is 1. The Labute approximate surface area is 262 Å². The number of sulfonamides is 1. The molecule has 234 valence electrons. The third-order valence-corrected chi connectivity index (χ3v) is 10.4. The first-order valence-corrected chi connectivity index (χ1v) is 16.7. The number of imidazole rings is 1. The van der Waals surface area contributed by atoms with Crippen molar-refractivity contribution in [3.63, 3.8) is 0 Å². The van der Waals surface area contributed by atoms with Gasteiger partial charge in [0.25, 0.3) is 10.0 Å². The molecule has 2 aliphatic heterocycles. The van der Waals surface area contributed by atoms with Crippen molar-refractivity contribution < 1.29 is 8.42 Å². The van der Waals surface area contributed by atoms with E-state index in [2.05, 4.69) is 49.2 Å². The van der Waals surface area contributed by atoms with Crippen LogP contribution < -0.4 is 5.32 Å². The Morgan fingerprint density at radius 2 is 1.73 bits per heavy atom. The molecule has 0 aromatic carbocycles. The zero-order valence-corrected chi connectivity index (χ0v) is 26.8. The van der Waals surface area contributed by atoms with Crippen LogP contribution in [0.1, 0.15) is 31.2 Å². The minimum absolute atomic E-state index is 0.0182. The number of piperazine rings is 1. The summed E-state index contributed by atoms with van der Waals surface area (Å²) >= 11 is 6.53. The number of likely N-dealkylation sites (N-methyl/N-ethyl adjacent to an activating group) is 1. The van der Waals surface area contributed by atoms with Crippen LogP contribution in [0.25, 0.3) is 16.9 Å². The molecule has 4 aromatic heterocycles. The number of hydrogen-bond donors (Lipinski definition) is 1. The molecular formula is C29H38ClN11O2S. The average Bonchev–Trinajstić information content (AvgIpc) is 3.69. The third kappa shape index (κ3) is 6.64. The summed E-state index contributed by atoms with van der Waals surface area (Å²) in [5.41, 5.74) is 4.18. The molecule has 0 unspecified atom stereocenters. The van der Waals surface area contributed by atoms with Gasteiger partial charge in [-0.15, -0.1) is 0 Å². The molecule has 0 atom stereocenters. The van der Waals surface area contributed by atoms with Gasteiger partial charge in [0.05, 0.1) is 46.5 Å². The van der Waals surface area contributed by atoms with E-state index >= 15 is 0 Å². The van der Waals surface area contributed by atoms with Crippen LogP contribution in [0.5, 0.6) is 0 Å². The summed E-state index contributed by atoms with van der Waals surface area (Å²) in [6, 6.07) is 4.15. The van der Waals surface area contributed by atoms with Gasteiger partial charge in [-0.3, -0.25) is 9.88 Å². The fraction of sp³-hybridized carbons (Fsp3) is 0.483. The number of nitrogens with zero attached hydrogens (tertiary/aromatic N) is 10. The summed E-state index contributed by atoms with van der Waals surface area (Å²) in [7, 11) is -1.86. The van der Waals surface area contributed by atoms with Crippen LogP contribution in [-0.4, -0.2) is 109 Å². The van der Waals surface area contributed by atoms with E-state index in [1.54, 1.807) is 28.7 Å². The number of rotatable bonds is 9. The molecular weight excluding hydrogens is 602 g/mol. The highest BCUT2D eigenvalue weighted by Crippen LogP contribution is 2.28. The van der Waals surface area contributed by atoms with E-state index in [9.17, 15) is 8.42 Å². The van der Waals surface area contributed by atoms with E-state index < -0.39 is 10.0 Å². The van der Waals surface area contributed by atoms with Crippen molar-refractivity contribution in [3.05, 3.63) is 59.7 Å². The first-order valence-electron chi connectivity index (χ1n) is 14.9. The smallest absolute Gasteiger partial charge is 0.262 e. The van der Waals surface area contributed by atoms with Gasteiger partial charge >= 0.3 is 0 Å². The van der Waals surface area contributed by atoms with Crippen LogP contribution in [0.4, 0.5) is 5.95 Å². The molecule has 1 N–H and O–H groups in total. The molecule has 0 aliphatic carbocycles. The molecule has 0 bridgehead atoms. The molecule has 0 amide bonds. The highest BCUT2D eigenvalue weighted by molar-refractivity contribution is 7.89. The molecule has 0 radical (unpaired) electrons. The van der Waals surface area contributed by atoms with Crippen molar-refractivity contribution in [2.75, 3.05) is 51.1 Å². The standard InChI is InChI=1S/C29H38ClN11O2S/c1-4-38-11-13-39(14-12-38)18-24-5-6-26(21(2)34-24)41-17-22(15-33-41)28-25(30)16-31-29(36-28)35-23-7-9-40(10-8-23)44(42,43)27-19-37(3)20-32-27/h5-6,15-17,19-20,23H,4,7-14,18H2,1-3H3,(H,31,35,36). The number of aryl methyl sites for hydroxylation is 2. The highest BCUT2D eigenvalue weighted by Gasteiger charge is 2.31. The largest absolute Gasteiger partial charge is 0.351 e. The van der Waals surface area contributed by atoms with Crippen LogP contribution in [-0.2, 0) is 23.6 Å². The Kier molecular flexibility index (Phi) is 8.96. The molecule has 2 aliphatic rings. The number of aromatic nitrogens is 7. The van der Waals surface area contributed by atoms with Gasteiger partial charge < -0.3 is 14.8 Å². The summed E-state index contributed by atoms with van der Waals surface area (Å²) in [6.45, 7) is 11.2. The number of piperidine rings is 1. The molecule has 2 saturated heterocycles. The second-order valence-electron chi connectivity index (χ2n) is 11.4. The Balaban J connectivity index is 1.09. The predicted molar refractivity (Wildman–Crippen MR) is 168 cm³/mol. The van der Waals surface area contributed by atoms with Gasteiger partial charge in [0.1, 0.15) is 0 Å². The maximum atomic E-state index is 12.9. The minimum Gasteiger partial charge on any atom is -0.351 e. The van der Waals surface area contributed by atoms with Gasteiger partial charge in [-0.2, -0.15) is 9.40 Å². The maximum absolute atomic E-state index is 12.9. The van der Waals surface area contributed by atoms with Crippen molar-refractivity contribution in [3.8, 4) is 16.9 Å². The molecule has 4 aromatic rings. The van der Waals surface area contributed by atoms with Crippen molar-refractivity contribution in [1.29, 1.82) is 0 Å². The molecule has 44 heavy (non-hydrogen) atoms. The Morgan fingerprint density at radius 3 is 2.41 bits per heavy atom. The molecule has 2 fully saturated rings. The topological polar surface area (TPSA) is 130 Å². The monoisotopic (exact) mass is 639 g/mol. The zero-order chi connectivity index (χ0) is 30.8. The molecule has 0 spiro atoms. The predicted octanol–water partition coefficient (Wildman–Crippen LogP) is 2.82. The second-order valence-corrected chi connectivity index (χ2v) is 13.7. The number of anilines is 1. The Morgan fingerprint density at radius 1 is 0.977 bits per heavy atom. The average molecular weight is 640 g/mol.